The molecule has 2 aromatic carbocycles. The van der Waals surface area contributed by atoms with E-state index in [9.17, 15) is 21.2 Å². The first-order valence-electron chi connectivity index (χ1n) is 11.1. The quantitative estimate of drug-likeness (QED) is 0.541. The highest BCUT2D eigenvalue weighted by Gasteiger charge is 2.30. The van der Waals surface area contributed by atoms with Gasteiger partial charge >= 0.3 is 0 Å². The van der Waals surface area contributed by atoms with Crippen LogP contribution in [-0.2, 0) is 24.8 Å². The molecule has 0 saturated carbocycles. The van der Waals surface area contributed by atoms with E-state index in [1.165, 1.54) is 29.6 Å². The number of methoxy groups -OCH3 is 1. The lowest BCUT2D eigenvalue weighted by Gasteiger charge is -2.36. The molecule has 0 spiro atoms. The van der Waals surface area contributed by atoms with Crippen molar-refractivity contribution in [3.63, 3.8) is 0 Å². The van der Waals surface area contributed by atoms with Gasteiger partial charge in [-0.25, -0.2) is 25.9 Å². The van der Waals surface area contributed by atoms with Gasteiger partial charge in [0.1, 0.15) is 11.6 Å². The van der Waals surface area contributed by atoms with Crippen molar-refractivity contribution in [1.29, 1.82) is 0 Å². The van der Waals surface area contributed by atoms with Crippen LogP contribution in [0.15, 0.2) is 46.2 Å². The van der Waals surface area contributed by atoms with Gasteiger partial charge in [0.2, 0.25) is 20.0 Å². The Morgan fingerprint density at radius 1 is 1.09 bits per heavy atom. The molecular formula is C22H27ClFN3O6S2. The number of piperazine rings is 1. The number of sulfonamides is 2. The first-order valence-corrected chi connectivity index (χ1v) is 14.4. The van der Waals surface area contributed by atoms with Gasteiger partial charge in [-0.15, -0.1) is 0 Å². The molecule has 2 aliphatic heterocycles. The number of anilines is 1. The van der Waals surface area contributed by atoms with Gasteiger partial charge < -0.3 is 14.4 Å². The van der Waals surface area contributed by atoms with E-state index in [-0.39, 0.29) is 40.6 Å². The van der Waals surface area contributed by atoms with Gasteiger partial charge in [0.05, 0.1) is 33.7 Å². The second-order valence-corrected chi connectivity index (χ2v) is 12.4. The Bertz CT molecular complexity index is 1280. The Morgan fingerprint density at radius 2 is 1.80 bits per heavy atom. The van der Waals surface area contributed by atoms with Crippen molar-refractivity contribution < 1.29 is 30.7 Å². The van der Waals surface area contributed by atoms with E-state index < -0.39 is 25.9 Å². The van der Waals surface area contributed by atoms with Crippen molar-refractivity contribution in [2.24, 2.45) is 0 Å². The molecule has 0 amide bonds. The summed E-state index contributed by atoms with van der Waals surface area (Å²) in [6.07, 6.45) is 1.59. The zero-order valence-electron chi connectivity index (χ0n) is 19.1. The number of nitrogens with zero attached hydrogens (tertiary/aromatic N) is 2. The van der Waals surface area contributed by atoms with E-state index in [1.54, 1.807) is 6.07 Å². The molecule has 9 nitrogen and oxygen atoms in total. The van der Waals surface area contributed by atoms with Gasteiger partial charge in [-0.1, -0.05) is 11.6 Å². The first-order chi connectivity index (χ1) is 16.6. The minimum Gasteiger partial charge on any atom is -0.495 e. The molecule has 35 heavy (non-hydrogen) atoms. The summed E-state index contributed by atoms with van der Waals surface area (Å²) in [7, 11) is -6.15. The summed E-state index contributed by atoms with van der Waals surface area (Å²) >= 11 is 5.76. The lowest BCUT2D eigenvalue weighted by atomic mass is 10.2. The van der Waals surface area contributed by atoms with Crippen LogP contribution in [0, 0.1) is 5.82 Å². The highest BCUT2D eigenvalue weighted by atomic mass is 35.5. The summed E-state index contributed by atoms with van der Waals surface area (Å²) in [5.41, 5.74) is 0.550. The Labute approximate surface area is 209 Å². The third kappa shape index (κ3) is 5.73. The summed E-state index contributed by atoms with van der Waals surface area (Å²) in [6, 6.07) is 7.89. The third-order valence-corrected chi connectivity index (χ3v) is 9.70. The van der Waals surface area contributed by atoms with Crippen LogP contribution in [0.4, 0.5) is 10.1 Å². The normalized spacial score (nSPS) is 19.7. The zero-order chi connectivity index (χ0) is 25.2. The Hall–Kier alpha value is -1.96. The molecule has 0 radical (unpaired) electrons. The lowest BCUT2D eigenvalue weighted by molar-refractivity contribution is 0.114. The smallest absolute Gasteiger partial charge is 0.243 e. The highest BCUT2D eigenvalue weighted by Crippen LogP contribution is 2.33. The van der Waals surface area contributed by atoms with Gasteiger partial charge in [-0.3, -0.25) is 0 Å². The molecular weight excluding hydrogens is 521 g/mol. The number of hydrogen-bond donors (Lipinski definition) is 1. The van der Waals surface area contributed by atoms with Crippen molar-refractivity contribution in [3.8, 4) is 5.75 Å². The van der Waals surface area contributed by atoms with Gasteiger partial charge in [-0.05, 0) is 49.2 Å². The second-order valence-electron chi connectivity index (χ2n) is 8.29. The van der Waals surface area contributed by atoms with Crippen LogP contribution in [0.25, 0.3) is 0 Å². The summed E-state index contributed by atoms with van der Waals surface area (Å²) in [5, 5.41) is -0.263. The fourth-order valence-corrected chi connectivity index (χ4v) is 6.91. The summed E-state index contributed by atoms with van der Waals surface area (Å²) < 4.78 is 80.0. The summed E-state index contributed by atoms with van der Waals surface area (Å²) in [6.45, 7) is 1.74. The molecule has 0 bridgehead atoms. The maximum Gasteiger partial charge on any atom is 0.243 e. The SMILES string of the molecule is COc1ccc(S(=O)(=O)NCC2CCCO2)cc1N1CCN(S(=O)(=O)c2ccc(F)c(Cl)c2)CC1. The Morgan fingerprint density at radius 3 is 2.43 bits per heavy atom. The molecule has 2 aliphatic rings. The largest absolute Gasteiger partial charge is 0.495 e. The van der Waals surface area contributed by atoms with Gasteiger partial charge in [0.25, 0.3) is 0 Å². The van der Waals surface area contributed by atoms with Crippen LogP contribution in [-0.4, -0.2) is 73.7 Å². The van der Waals surface area contributed by atoms with E-state index in [4.69, 9.17) is 21.1 Å². The molecule has 2 fully saturated rings. The fourth-order valence-electron chi connectivity index (χ4n) is 4.13. The standard InChI is InChI=1S/C22H27ClFN3O6S2/c1-32-22-7-5-17(34(28,29)25-15-16-3-2-12-33-16)14-21(22)26-8-10-27(11-9-26)35(30,31)18-4-6-20(24)19(23)13-18/h4-7,13-14,16,25H,2-3,8-12,15H2,1H3. The van der Waals surface area contributed by atoms with Crippen LogP contribution in [0.5, 0.6) is 5.75 Å². The maximum atomic E-state index is 13.5. The Balaban J connectivity index is 1.49. The van der Waals surface area contributed by atoms with Gasteiger partial charge in [-0.2, -0.15) is 4.31 Å². The minimum atomic E-state index is -3.86. The molecule has 13 heteroatoms. The average Bonchev–Trinajstić information content (AvgIpc) is 3.38. The van der Waals surface area contributed by atoms with Crippen LogP contribution >= 0.6 is 11.6 Å². The van der Waals surface area contributed by atoms with Crippen molar-refractivity contribution in [1.82, 2.24) is 9.03 Å². The number of halogens is 2. The van der Waals surface area contributed by atoms with E-state index in [1.807, 2.05) is 4.90 Å². The Kier molecular flexibility index (Phi) is 7.89. The molecule has 1 atom stereocenters. The van der Waals surface area contributed by atoms with Crippen molar-refractivity contribution in [2.45, 2.75) is 28.7 Å². The first kappa shape index (κ1) is 26.1. The molecule has 192 valence electrons. The van der Waals surface area contributed by atoms with E-state index in [2.05, 4.69) is 4.72 Å². The fraction of sp³-hybridized carbons (Fsp3) is 0.455. The van der Waals surface area contributed by atoms with Crippen LogP contribution in [0.2, 0.25) is 5.02 Å². The van der Waals surface area contributed by atoms with E-state index >= 15 is 0 Å². The van der Waals surface area contributed by atoms with Crippen molar-refractivity contribution in [3.05, 3.63) is 47.2 Å². The molecule has 2 heterocycles. The van der Waals surface area contributed by atoms with Crippen molar-refractivity contribution >= 4 is 37.3 Å². The third-order valence-electron chi connectivity index (χ3n) is 6.09. The predicted molar refractivity (Wildman–Crippen MR) is 130 cm³/mol. The minimum absolute atomic E-state index is 0.0830. The molecule has 0 aliphatic carbocycles. The van der Waals surface area contributed by atoms with Crippen molar-refractivity contribution in [2.75, 3.05) is 51.3 Å². The zero-order valence-corrected chi connectivity index (χ0v) is 21.5. The van der Waals surface area contributed by atoms with Gasteiger partial charge in [0, 0.05) is 39.3 Å². The summed E-state index contributed by atoms with van der Waals surface area (Å²) in [4.78, 5) is 1.88. The molecule has 1 N–H and O–H groups in total. The molecule has 2 aromatic rings. The lowest BCUT2D eigenvalue weighted by Crippen LogP contribution is -2.48. The highest BCUT2D eigenvalue weighted by molar-refractivity contribution is 7.89. The molecule has 2 saturated heterocycles. The number of rotatable bonds is 8. The van der Waals surface area contributed by atoms with Crippen LogP contribution in [0.3, 0.4) is 0 Å². The predicted octanol–water partition coefficient (Wildman–Crippen LogP) is 2.46. The second kappa shape index (κ2) is 10.6. The van der Waals surface area contributed by atoms with E-state index in [0.717, 1.165) is 25.0 Å². The average molecular weight is 548 g/mol. The molecule has 1 unspecified atom stereocenters. The summed E-state index contributed by atoms with van der Waals surface area (Å²) in [5.74, 6) is -0.215. The van der Waals surface area contributed by atoms with Gasteiger partial charge in [0.15, 0.2) is 0 Å². The number of hydrogen-bond acceptors (Lipinski definition) is 7. The maximum absolute atomic E-state index is 13.5. The van der Waals surface area contributed by atoms with E-state index in [0.29, 0.717) is 31.1 Å². The van der Waals surface area contributed by atoms with Crippen LogP contribution in [0.1, 0.15) is 12.8 Å². The number of benzene rings is 2. The molecule has 4 rings (SSSR count). The topological polar surface area (TPSA) is 105 Å². The number of ether oxygens (including phenoxy) is 2. The number of nitrogens with one attached hydrogen (secondary N) is 1. The monoisotopic (exact) mass is 547 g/mol. The van der Waals surface area contributed by atoms with Crippen LogP contribution < -0.4 is 14.4 Å². The molecule has 0 aromatic heterocycles.